The highest BCUT2D eigenvalue weighted by Crippen LogP contribution is 2.38. The fourth-order valence-corrected chi connectivity index (χ4v) is 11.7. The van der Waals surface area contributed by atoms with Crippen LogP contribution in [0, 0.1) is 6.92 Å². The highest BCUT2D eigenvalue weighted by atomic mass is 32.6. The van der Waals surface area contributed by atoms with Crippen LogP contribution in [0.5, 0.6) is 0 Å². The number of fused-ring (bicyclic) bond motifs is 16. The quantitative estimate of drug-likeness (QED) is 0.129. The first-order valence-electron chi connectivity index (χ1n) is 27.2. The van der Waals surface area contributed by atoms with Gasteiger partial charge in [0.2, 0.25) is 11.6 Å². The van der Waals surface area contributed by atoms with Crippen molar-refractivity contribution in [3.63, 3.8) is 0 Å². The first-order chi connectivity index (χ1) is 40.5. The number of ether oxygens (including phenoxy) is 1. The van der Waals surface area contributed by atoms with Crippen LogP contribution in [0.25, 0.3) is 111 Å². The van der Waals surface area contributed by atoms with Gasteiger partial charge in [-0.1, -0.05) is 115 Å². The summed E-state index contributed by atoms with van der Waals surface area (Å²) in [5, 5.41) is 5.03. The maximum absolute atomic E-state index is 10.5. The Labute approximate surface area is 488 Å². The van der Waals surface area contributed by atoms with Gasteiger partial charge in [-0.15, -0.1) is 0 Å². The number of imidazole rings is 4. The van der Waals surface area contributed by atoms with Crippen LogP contribution in [0.1, 0.15) is 31.1 Å². The lowest BCUT2D eigenvalue weighted by atomic mass is 10.1. The molecule has 3 unspecified atom stereocenters. The zero-order chi connectivity index (χ0) is 58.4. The Kier molecular flexibility index (Phi) is 15.0. The molecule has 19 heteroatoms. The van der Waals surface area contributed by atoms with Crippen LogP contribution in [-0.2, 0) is 36.5 Å². The molecule has 16 rings (SSSR count). The summed E-state index contributed by atoms with van der Waals surface area (Å²) in [4.78, 5) is 13.5. The van der Waals surface area contributed by atoms with Crippen molar-refractivity contribution >= 4 is 147 Å². The minimum Gasteiger partial charge on any atom is -0.358 e. The normalized spacial score (nSPS) is 14.1. The van der Waals surface area contributed by atoms with Crippen LogP contribution < -0.4 is 0 Å². The van der Waals surface area contributed by atoms with Gasteiger partial charge in [0.05, 0.1) is 80.4 Å². The minimum absolute atomic E-state index is 0.0665. The Bertz CT molecular complexity index is 5230. The Hall–Kier alpha value is -8.11. The largest absolute Gasteiger partial charge is 0.358 e. The number of para-hydroxylation sites is 10. The Morgan fingerprint density at radius 2 is 1.01 bits per heavy atom. The molecule has 83 heavy (non-hydrogen) atoms. The molecule has 0 amide bonds. The smallest absolute Gasteiger partial charge is 0.355 e. The van der Waals surface area contributed by atoms with Crippen LogP contribution in [0.15, 0.2) is 211 Å². The average Bonchev–Trinajstić information content (AvgIpc) is 2.48. The van der Waals surface area contributed by atoms with Crippen molar-refractivity contribution in [1.82, 2.24) is 37.5 Å². The van der Waals surface area contributed by atoms with E-state index < -0.39 is 26.9 Å². The fraction of sp³-hybridized carbons (Fsp3) is 0.125. The number of nitrogens with zero attached hydrogens (tertiary/aromatic N) is 7. The number of aromatic nitrogens is 8. The lowest BCUT2D eigenvalue weighted by molar-refractivity contribution is -0.0267. The molecule has 0 bridgehead atoms. The van der Waals surface area contributed by atoms with Gasteiger partial charge in [0.1, 0.15) is 16.1 Å². The molecule has 0 spiro atoms. The van der Waals surface area contributed by atoms with Crippen LogP contribution in [-0.4, -0.2) is 79.2 Å². The van der Waals surface area contributed by atoms with Crippen molar-refractivity contribution in [3.8, 4) is 11.4 Å². The van der Waals surface area contributed by atoms with Crippen LogP contribution in [0.4, 0.5) is 0 Å². The molecule has 1 aliphatic rings. The summed E-state index contributed by atoms with van der Waals surface area (Å²) in [5.41, 5.74) is 16.8. The third-order valence-electron chi connectivity index (χ3n) is 14.7. The molecular formula is C64H57N8O6P2S3+. The minimum atomic E-state index is -4.02. The maximum atomic E-state index is 10.5. The maximum Gasteiger partial charge on any atom is 0.355 e. The highest BCUT2D eigenvalue weighted by Gasteiger charge is 2.24. The molecule has 0 aliphatic carbocycles. The Balaban J connectivity index is 0.000000127. The third-order valence-corrected chi connectivity index (χ3v) is 15.5. The second kappa shape index (κ2) is 22.9. The van der Waals surface area contributed by atoms with Crippen molar-refractivity contribution in [1.29, 1.82) is 1.28 Å². The van der Waals surface area contributed by atoms with E-state index >= 15 is 0 Å². The predicted molar refractivity (Wildman–Crippen MR) is 347 cm³/mol. The first-order valence-corrected chi connectivity index (χ1v) is 34.1. The molecule has 7 heterocycles. The van der Waals surface area contributed by atoms with E-state index in [1.807, 2.05) is 13.0 Å². The summed E-state index contributed by atoms with van der Waals surface area (Å²) in [6.45, 7) is 1.79. The van der Waals surface area contributed by atoms with Gasteiger partial charge in [-0.2, -0.15) is 8.42 Å². The van der Waals surface area contributed by atoms with Crippen molar-refractivity contribution in [2.24, 2.45) is 0 Å². The number of nitrogens with one attached hydrogen (secondary N) is 1. The van der Waals surface area contributed by atoms with Crippen LogP contribution >= 0.6 is 15.9 Å². The summed E-state index contributed by atoms with van der Waals surface area (Å²) in [6, 6.07) is 70.3. The van der Waals surface area contributed by atoms with E-state index in [0.29, 0.717) is 0 Å². The number of aryl methyl sites for hydroxylation is 1. The van der Waals surface area contributed by atoms with E-state index in [1.165, 1.54) is 51.1 Å². The zero-order valence-corrected chi connectivity index (χ0v) is 49.9. The van der Waals surface area contributed by atoms with Crippen molar-refractivity contribution in [2.45, 2.75) is 37.3 Å². The Morgan fingerprint density at radius 1 is 0.566 bits per heavy atom. The van der Waals surface area contributed by atoms with Crippen LogP contribution in [0.3, 0.4) is 0 Å². The molecule has 1 saturated heterocycles. The standard InChI is InChI=1S/C30H24N4O.C25H16N4.C7H8O3S.C2H6O2S.H2P2S/c1-3-11-24-21(9-1)22-17-16-20(19-28(22)33(24)29-15-7-8-18-35-29)32-26-13-5-6-14-27(26)34-25-12-4-2-10-23(25)31-30(32)34;1-2-8-19-17(7-1)18-14-13-16(15-21(18)26-19)28-23-11-5-6-12-24(23)29-22-10-4-3-9-20(22)27-25(28)29;1-6-2-4-7(5-3-6)11(8,9)10;1-5(2,3)4;1-2-3/h1-6,9-14,16-17,19,29H,7-8,15,18H2;1-15,26H;2-5H,1H3,(H,8,9,10);1-2H3;1H2/p+1/i/hT. The van der Waals surface area contributed by atoms with Crippen molar-refractivity contribution < 1.29 is 26.1 Å². The number of aromatic amines is 1. The molecule has 9 aromatic carbocycles. The number of benzene rings is 9. The van der Waals surface area contributed by atoms with Crippen LogP contribution in [0.2, 0.25) is 0 Å². The molecule has 3 atom stereocenters. The molecule has 6 aromatic heterocycles. The Morgan fingerprint density at radius 3 is 1.55 bits per heavy atom. The summed E-state index contributed by atoms with van der Waals surface area (Å²) >= 11 is 4.31. The van der Waals surface area contributed by atoms with E-state index in [9.17, 15) is 16.8 Å². The number of hydrogen-bond donors (Lipinski definition) is 2. The highest BCUT2D eigenvalue weighted by molar-refractivity contribution is 8.24. The number of H-pyrrole nitrogens is 1. The summed E-state index contributed by atoms with van der Waals surface area (Å²) in [6.07, 6.45) is 5.76. The lowest BCUT2D eigenvalue weighted by Gasteiger charge is -2.26. The molecule has 416 valence electrons. The number of sulfone groups is 1. The van der Waals surface area contributed by atoms with Crippen molar-refractivity contribution in [2.75, 3.05) is 19.1 Å². The number of rotatable bonds is 4. The van der Waals surface area contributed by atoms with Gasteiger partial charge in [0, 0.05) is 51.7 Å². The van der Waals surface area contributed by atoms with Gasteiger partial charge in [-0.05, 0) is 123 Å². The number of hydrogen-bond acceptors (Lipinski definition) is 8. The molecule has 2 N–H and O–H groups in total. The molecule has 0 saturated carbocycles. The van der Waals surface area contributed by atoms with Gasteiger partial charge >= 0.3 is 1.28 Å². The van der Waals surface area contributed by atoms with E-state index in [1.54, 1.807) is 12.1 Å². The first kappa shape index (κ1) is 54.2. The molecule has 0 radical (unpaired) electrons. The van der Waals surface area contributed by atoms with Gasteiger partial charge in [-0.3, -0.25) is 22.5 Å². The summed E-state index contributed by atoms with van der Waals surface area (Å²) in [5.74, 6) is 1.87. The zero-order valence-electron chi connectivity index (χ0n) is 46.4. The van der Waals surface area contributed by atoms with Gasteiger partial charge in [0.25, 0.3) is 10.1 Å². The van der Waals surface area contributed by atoms with E-state index in [2.05, 4.69) is 224 Å². The average molecular weight is 1190 g/mol. The second-order valence-corrected chi connectivity index (χ2v) is 26.9. The monoisotopic (exact) mass is 1190 g/mol. The third kappa shape index (κ3) is 10.8. The van der Waals surface area contributed by atoms with E-state index in [-0.39, 0.29) is 11.1 Å². The van der Waals surface area contributed by atoms with Gasteiger partial charge in [0.15, 0.2) is 18.8 Å². The van der Waals surface area contributed by atoms with Crippen molar-refractivity contribution in [3.05, 3.63) is 212 Å². The summed E-state index contributed by atoms with van der Waals surface area (Å²) < 4.78 is 73.0. The molecule has 1 fully saturated rings. The second-order valence-electron chi connectivity index (χ2n) is 20.5. The molecule has 15 aromatic rings. The van der Waals surface area contributed by atoms with E-state index in [0.717, 1.165) is 116 Å². The fourth-order valence-electron chi connectivity index (χ4n) is 11.3. The molecule has 1 aliphatic heterocycles. The SMILES string of the molecule is CS(C)(=O)=O.Cc1ccc(S(=O)(=O)O)cc1.[3H][P+](P)=S.c1ccc2c(c1)nc1n(-c3ccc4c(c3)[nH]c3ccccc34)c3ccccc3n21.c1ccc2c(c1)nc1n(-c3ccc4c5ccccc5n(C5CCCCO5)c4c3)c3ccccc3n21. The molecule has 14 nitrogen and oxygen atoms in total. The van der Waals surface area contributed by atoms with Gasteiger partial charge in [-0.25, -0.2) is 18.4 Å². The van der Waals surface area contributed by atoms with Gasteiger partial charge < -0.3 is 14.3 Å². The summed E-state index contributed by atoms with van der Waals surface area (Å²) in [7, 11) is -4.48. The topological polar surface area (TPSA) is 163 Å². The van der Waals surface area contributed by atoms with E-state index in [4.69, 9.17) is 20.5 Å². The lowest BCUT2D eigenvalue weighted by Crippen LogP contribution is -2.17. The predicted octanol–water partition coefficient (Wildman–Crippen LogP) is 15.1. The molecular weight excluding hydrogens is 1130 g/mol.